The summed E-state index contributed by atoms with van der Waals surface area (Å²) in [6, 6.07) is 9.98. The molecule has 1 heterocycles. The smallest absolute Gasteiger partial charge is 0.173 e. The Hall–Kier alpha value is -0.740. The predicted octanol–water partition coefficient (Wildman–Crippen LogP) is 4.93. The molecule has 0 aliphatic rings. The summed E-state index contributed by atoms with van der Waals surface area (Å²) in [5.74, 6) is 0.891. The molecule has 0 radical (unpaired) electrons. The van der Waals surface area contributed by atoms with Gasteiger partial charge in [0.15, 0.2) is 4.67 Å². The van der Waals surface area contributed by atoms with E-state index in [1.54, 1.807) is 6.26 Å². The Bertz CT molecular complexity index is 476. The number of halogens is 2. The lowest BCUT2D eigenvalue weighted by Gasteiger charge is -2.10. The van der Waals surface area contributed by atoms with Crippen LogP contribution in [-0.4, -0.2) is 6.61 Å². The third kappa shape index (κ3) is 2.93. The van der Waals surface area contributed by atoms with E-state index >= 15 is 0 Å². The number of furan rings is 1. The number of hydrogen-bond donors (Lipinski definition) is 0. The van der Waals surface area contributed by atoms with Crippen LogP contribution in [0.4, 0.5) is 0 Å². The first-order valence-corrected chi connectivity index (χ1v) is 7.03. The van der Waals surface area contributed by atoms with Gasteiger partial charge in [-0.25, -0.2) is 0 Å². The normalized spacial score (nSPS) is 12.4. The average Bonchev–Trinajstić information content (AvgIpc) is 2.76. The van der Waals surface area contributed by atoms with Crippen molar-refractivity contribution in [3.63, 3.8) is 0 Å². The second-order valence-electron chi connectivity index (χ2n) is 3.51. The summed E-state index contributed by atoms with van der Waals surface area (Å²) < 4.78 is 11.4. The van der Waals surface area contributed by atoms with E-state index in [4.69, 9.17) is 9.15 Å². The maximum absolute atomic E-state index is 5.41. The molecule has 17 heavy (non-hydrogen) atoms. The first-order valence-electron chi connectivity index (χ1n) is 5.32. The highest BCUT2D eigenvalue weighted by Crippen LogP contribution is 2.36. The molecule has 0 aliphatic carbocycles. The van der Waals surface area contributed by atoms with E-state index in [0.29, 0.717) is 6.61 Å². The molecule has 2 nitrogen and oxygen atoms in total. The Morgan fingerprint density at radius 3 is 2.47 bits per heavy atom. The van der Waals surface area contributed by atoms with Crippen LogP contribution >= 0.6 is 31.9 Å². The van der Waals surface area contributed by atoms with Gasteiger partial charge >= 0.3 is 0 Å². The Morgan fingerprint density at radius 2 is 1.94 bits per heavy atom. The number of hydrogen-bond acceptors (Lipinski definition) is 2. The van der Waals surface area contributed by atoms with E-state index in [0.717, 1.165) is 21.5 Å². The minimum absolute atomic E-state index is 0.117. The molecular weight excluding hydrogens is 348 g/mol. The molecule has 0 aliphatic heterocycles. The van der Waals surface area contributed by atoms with E-state index in [-0.39, 0.29) is 4.83 Å². The topological polar surface area (TPSA) is 22.4 Å². The van der Waals surface area contributed by atoms with Crippen molar-refractivity contribution in [2.45, 2.75) is 11.8 Å². The summed E-state index contributed by atoms with van der Waals surface area (Å²) in [6.45, 7) is 2.66. The molecule has 4 heteroatoms. The lowest BCUT2D eigenvalue weighted by molar-refractivity contribution is 0.340. The van der Waals surface area contributed by atoms with Crippen LogP contribution in [0.15, 0.2) is 45.7 Å². The molecule has 1 aromatic heterocycles. The summed E-state index contributed by atoms with van der Waals surface area (Å²) in [6.07, 6.45) is 1.67. The molecule has 1 atom stereocenters. The fourth-order valence-corrected chi connectivity index (χ4v) is 3.01. The Kier molecular flexibility index (Phi) is 4.29. The molecule has 2 rings (SSSR count). The van der Waals surface area contributed by atoms with Crippen LogP contribution in [0.3, 0.4) is 0 Å². The van der Waals surface area contributed by atoms with E-state index in [2.05, 4.69) is 31.9 Å². The van der Waals surface area contributed by atoms with E-state index < -0.39 is 0 Å². The molecule has 0 N–H and O–H groups in total. The van der Waals surface area contributed by atoms with Crippen molar-refractivity contribution in [3.05, 3.63) is 52.4 Å². The third-order valence-corrected chi connectivity index (χ3v) is 4.07. The molecule has 0 saturated carbocycles. The van der Waals surface area contributed by atoms with Crippen LogP contribution in [0.1, 0.15) is 22.9 Å². The quantitative estimate of drug-likeness (QED) is 0.722. The largest absolute Gasteiger partial charge is 0.494 e. The highest BCUT2D eigenvalue weighted by atomic mass is 79.9. The zero-order valence-corrected chi connectivity index (χ0v) is 12.5. The van der Waals surface area contributed by atoms with Crippen molar-refractivity contribution in [2.75, 3.05) is 6.61 Å². The van der Waals surface area contributed by atoms with Gasteiger partial charge in [0.25, 0.3) is 0 Å². The second-order valence-corrected chi connectivity index (χ2v) is 5.15. The lowest BCUT2D eigenvalue weighted by atomic mass is 10.1. The number of ether oxygens (including phenoxy) is 1. The third-order valence-electron chi connectivity index (χ3n) is 2.40. The highest BCUT2D eigenvalue weighted by Gasteiger charge is 2.15. The van der Waals surface area contributed by atoms with Crippen LogP contribution in [0.25, 0.3) is 0 Å². The summed E-state index contributed by atoms with van der Waals surface area (Å²) >= 11 is 7.04. The Labute approximate surface area is 117 Å². The molecule has 0 spiro atoms. The zero-order valence-electron chi connectivity index (χ0n) is 9.32. The van der Waals surface area contributed by atoms with Gasteiger partial charge in [0.05, 0.1) is 17.7 Å². The zero-order chi connectivity index (χ0) is 12.3. The van der Waals surface area contributed by atoms with Crippen LogP contribution < -0.4 is 4.74 Å². The molecule has 0 amide bonds. The van der Waals surface area contributed by atoms with Crippen LogP contribution in [0, 0.1) is 0 Å². The standard InChI is InChI=1S/C13H12Br2O2/c1-2-16-10-5-3-9(4-6-10)12(14)11-7-8-17-13(11)15/h3-8,12H,2H2,1H3. The maximum Gasteiger partial charge on any atom is 0.173 e. The fraction of sp³-hybridized carbons (Fsp3) is 0.231. The predicted molar refractivity (Wildman–Crippen MR) is 74.8 cm³/mol. The molecule has 1 aromatic carbocycles. The second kappa shape index (κ2) is 5.74. The van der Waals surface area contributed by atoms with Crippen molar-refractivity contribution >= 4 is 31.9 Å². The SMILES string of the molecule is CCOc1ccc(C(Br)c2ccoc2Br)cc1. The van der Waals surface area contributed by atoms with Crippen molar-refractivity contribution in [2.24, 2.45) is 0 Å². The monoisotopic (exact) mass is 358 g/mol. The van der Waals surface area contributed by atoms with Gasteiger partial charge in [-0.15, -0.1) is 0 Å². The molecule has 2 aromatic rings. The molecular formula is C13H12Br2O2. The maximum atomic E-state index is 5.41. The van der Waals surface area contributed by atoms with Crippen LogP contribution in [-0.2, 0) is 0 Å². The van der Waals surface area contributed by atoms with Gasteiger partial charge in [0, 0.05) is 5.56 Å². The first kappa shape index (κ1) is 12.7. The van der Waals surface area contributed by atoms with Gasteiger partial charge in [0.1, 0.15) is 5.75 Å². The van der Waals surface area contributed by atoms with Gasteiger partial charge in [-0.3, -0.25) is 0 Å². The van der Waals surface area contributed by atoms with Crippen molar-refractivity contribution in [1.29, 1.82) is 0 Å². The minimum atomic E-state index is 0.117. The summed E-state index contributed by atoms with van der Waals surface area (Å²) in [4.78, 5) is 0.117. The summed E-state index contributed by atoms with van der Waals surface area (Å²) in [5, 5.41) is 0. The fourth-order valence-electron chi connectivity index (χ4n) is 1.56. The average molecular weight is 360 g/mol. The molecule has 0 saturated heterocycles. The highest BCUT2D eigenvalue weighted by molar-refractivity contribution is 9.10. The summed E-state index contributed by atoms with van der Waals surface area (Å²) in [7, 11) is 0. The van der Waals surface area contributed by atoms with Gasteiger partial charge in [-0.2, -0.15) is 0 Å². The Morgan fingerprint density at radius 1 is 1.24 bits per heavy atom. The molecule has 1 unspecified atom stereocenters. The number of rotatable bonds is 4. The number of benzene rings is 1. The van der Waals surface area contributed by atoms with E-state index in [1.807, 2.05) is 37.3 Å². The van der Waals surface area contributed by atoms with Gasteiger partial charge < -0.3 is 9.15 Å². The molecule has 90 valence electrons. The van der Waals surface area contributed by atoms with E-state index in [9.17, 15) is 0 Å². The Balaban J connectivity index is 2.20. The molecule has 0 bridgehead atoms. The summed E-state index contributed by atoms with van der Waals surface area (Å²) in [5.41, 5.74) is 2.24. The molecule has 0 fully saturated rings. The van der Waals surface area contributed by atoms with Crippen molar-refractivity contribution in [3.8, 4) is 5.75 Å². The van der Waals surface area contributed by atoms with E-state index in [1.165, 1.54) is 0 Å². The minimum Gasteiger partial charge on any atom is -0.494 e. The lowest BCUT2D eigenvalue weighted by Crippen LogP contribution is -1.94. The van der Waals surface area contributed by atoms with Crippen LogP contribution in [0.5, 0.6) is 5.75 Å². The van der Waals surface area contributed by atoms with Gasteiger partial charge in [-0.05, 0) is 46.6 Å². The van der Waals surface area contributed by atoms with Crippen LogP contribution in [0.2, 0.25) is 0 Å². The first-order chi connectivity index (χ1) is 8.22. The van der Waals surface area contributed by atoms with Gasteiger partial charge in [0.2, 0.25) is 0 Å². The van der Waals surface area contributed by atoms with Crippen molar-refractivity contribution < 1.29 is 9.15 Å². The van der Waals surface area contributed by atoms with Gasteiger partial charge in [-0.1, -0.05) is 28.1 Å². The van der Waals surface area contributed by atoms with Crippen molar-refractivity contribution in [1.82, 2.24) is 0 Å². The number of alkyl halides is 1.